The van der Waals surface area contributed by atoms with Crippen LogP contribution in [0.3, 0.4) is 0 Å². The summed E-state index contributed by atoms with van der Waals surface area (Å²) in [7, 11) is 1.77. The van der Waals surface area contributed by atoms with Gasteiger partial charge in [-0.2, -0.15) is 5.10 Å². The zero-order chi connectivity index (χ0) is 24.2. The molecule has 0 radical (unpaired) electrons. The Morgan fingerprint density at radius 2 is 2.00 bits per heavy atom. The fourth-order valence-electron chi connectivity index (χ4n) is 4.16. The van der Waals surface area contributed by atoms with Crippen LogP contribution in [0, 0.1) is 12.7 Å². The Morgan fingerprint density at radius 3 is 2.71 bits per heavy atom. The standard InChI is InChI=1S/C26H28FN5O2/c1-4-21-13-24(31(3)30-21)26(34)29-15-23-17(2)28-14-19-16-32(12-11-22(19)23)25(33)10-7-18-5-8-20(27)9-6-18/h5-10,13-14H,4,11-12,15-16H2,1-3H3,(H,29,34)/b10-7+. The Hall–Kier alpha value is -3.81. The van der Waals surface area contributed by atoms with Gasteiger partial charge in [0.15, 0.2) is 0 Å². The number of halogens is 1. The number of aryl methyl sites for hydroxylation is 3. The number of rotatable bonds is 6. The molecule has 8 heteroatoms. The van der Waals surface area contributed by atoms with Crippen LogP contribution in [-0.4, -0.2) is 38.0 Å². The highest BCUT2D eigenvalue weighted by Crippen LogP contribution is 2.24. The summed E-state index contributed by atoms with van der Waals surface area (Å²) >= 11 is 0. The second-order valence-electron chi connectivity index (χ2n) is 8.40. The van der Waals surface area contributed by atoms with E-state index in [1.807, 2.05) is 26.1 Å². The topological polar surface area (TPSA) is 80.1 Å². The van der Waals surface area contributed by atoms with Gasteiger partial charge in [-0.15, -0.1) is 0 Å². The lowest BCUT2D eigenvalue weighted by atomic mass is 9.94. The van der Waals surface area contributed by atoms with Crippen molar-refractivity contribution in [3.63, 3.8) is 0 Å². The second-order valence-corrected chi connectivity index (χ2v) is 8.40. The molecule has 0 fully saturated rings. The molecule has 0 atom stereocenters. The predicted octanol–water partition coefficient (Wildman–Crippen LogP) is 3.35. The number of hydrogen-bond donors (Lipinski definition) is 1. The Bertz CT molecular complexity index is 1250. The molecule has 1 N–H and O–H groups in total. The van der Waals surface area contributed by atoms with Crippen LogP contribution in [0.2, 0.25) is 0 Å². The van der Waals surface area contributed by atoms with Crippen LogP contribution >= 0.6 is 0 Å². The summed E-state index contributed by atoms with van der Waals surface area (Å²) in [4.78, 5) is 31.7. The van der Waals surface area contributed by atoms with Crippen molar-refractivity contribution in [2.24, 2.45) is 7.05 Å². The van der Waals surface area contributed by atoms with Crippen LogP contribution in [0.15, 0.2) is 42.6 Å². The van der Waals surface area contributed by atoms with Gasteiger partial charge in [0.05, 0.1) is 5.69 Å². The van der Waals surface area contributed by atoms with E-state index < -0.39 is 0 Å². The van der Waals surface area contributed by atoms with E-state index in [4.69, 9.17) is 0 Å². The Balaban J connectivity index is 1.44. The zero-order valence-corrected chi connectivity index (χ0v) is 19.6. The van der Waals surface area contributed by atoms with Crippen molar-refractivity contribution in [2.75, 3.05) is 6.54 Å². The highest BCUT2D eigenvalue weighted by Gasteiger charge is 2.23. The van der Waals surface area contributed by atoms with Crippen molar-refractivity contribution < 1.29 is 14.0 Å². The van der Waals surface area contributed by atoms with Gasteiger partial charge in [-0.05, 0) is 66.3 Å². The molecule has 3 heterocycles. The van der Waals surface area contributed by atoms with Gasteiger partial charge in [-0.1, -0.05) is 19.1 Å². The summed E-state index contributed by atoms with van der Waals surface area (Å²) in [6.45, 7) is 5.33. The maximum Gasteiger partial charge on any atom is 0.269 e. The van der Waals surface area contributed by atoms with Crippen LogP contribution in [-0.2, 0) is 37.8 Å². The minimum Gasteiger partial charge on any atom is -0.347 e. The molecule has 7 nitrogen and oxygen atoms in total. The number of nitrogens with one attached hydrogen (secondary N) is 1. The lowest BCUT2D eigenvalue weighted by Gasteiger charge is -2.30. The SMILES string of the molecule is CCc1cc(C(=O)NCc2c(C)ncc3c2CCN(C(=O)/C=C/c2ccc(F)cc2)C3)n(C)n1. The van der Waals surface area contributed by atoms with E-state index in [1.54, 1.807) is 34.8 Å². The number of carbonyl (C=O) groups excluding carboxylic acids is 2. The largest absolute Gasteiger partial charge is 0.347 e. The van der Waals surface area contributed by atoms with E-state index in [0.29, 0.717) is 31.7 Å². The van der Waals surface area contributed by atoms with E-state index in [1.165, 1.54) is 18.2 Å². The maximum atomic E-state index is 13.1. The molecule has 0 aliphatic carbocycles. The van der Waals surface area contributed by atoms with E-state index in [2.05, 4.69) is 15.4 Å². The molecule has 34 heavy (non-hydrogen) atoms. The van der Waals surface area contributed by atoms with Gasteiger partial charge in [0.25, 0.3) is 5.91 Å². The highest BCUT2D eigenvalue weighted by atomic mass is 19.1. The van der Waals surface area contributed by atoms with Crippen molar-refractivity contribution in [1.29, 1.82) is 0 Å². The summed E-state index contributed by atoms with van der Waals surface area (Å²) in [5.74, 6) is -0.587. The molecule has 1 aromatic carbocycles. The van der Waals surface area contributed by atoms with E-state index >= 15 is 0 Å². The zero-order valence-electron chi connectivity index (χ0n) is 19.6. The van der Waals surface area contributed by atoms with Gasteiger partial charge in [-0.25, -0.2) is 4.39 Å². The third kappa shape index (κ3) is 5.06. The molecule has 2 aromatic heterocycles. The number of hydrogen-bond acceptors (Lipinski definition) is 4. The van der Waals surface area contributed by atoms with Gasteiger partial charge in [-0.3, -0.25) is 19.3 Å². The first-order chi connectivity index (χ1) is 16.4. The number of pyridine rings is 1. The Kier molecular flexibility index (Phi) is 6.86. The number of benzene rings is 1. The molecule has 3 aromatic rings. The minimum atomic E-state index is -0.308. The fraction of sp³-hybridized carbons (Fsp3) is 0.308. The van der Waals surface area contributed by atoms with Gasteiger partial charge < -0.3 is 10.2 Å². The summed E-state index contributed by atoms with van der Waals surface area (Å²) in [6.07, 6.45) is 6.47. The highest BCUT2D eigenvalue weighted by molar-refractivity contribution is 5.93. The first-order valence-corrected chi connectivity index (χ1v) is 11.4. The lowest BCUT2D eigenvalue weighted by Crippen LogP contribution is -2.36. The molecule has 1 aliphatic heterocycles. The second kappa shape index (κ2) is 9.99. The fourth-order valence-corrected chi connectivity index (χ4v) is 4.16. The van der Waals surface area contributed by atoms with E-state index in [-0.39, 0.29) is 17.6 Å². The molecule has 1 aliphatic rings. The van der Waals surface area contributed by atoms with Gasteiger partial charge in [0, 0.05) is 44.6 Å². The molecule has 0 bridgehead atoms. The third-order valence-electron chi connectivity index (χ3n) is 6.15. The molecule has 0 unspecified atom stereocenters. The normalized spacial score (nSPS) is 13.2. The third-order valence-corrected chi connectivity index (χ3v) is 6.15. The summed E-state index contributed by atoms with van der Waals surface area (Å²) < 4.78 is 14.7. The summed E-state index contributed by atoms with van der Waals surface area (Å²) in [6, 6.07) is 7.81. The number of aromatic nitrogens is 3. The van der Waals surface area contributed by atoms with Gasteiger partial charge in [0.2, 0.25) is 5.91 Å². The minimum absolute atomic E-state index is 0.103. The number of nitrogens with zero attached hydrogens (tertiary/aromatic N) is 4. The lowest BCUT2D eigenvalue weighted by molar-refractivity contribution is -0.126. The van der Waals surface area contributed by atoms with Crippen molar-refractivity contribution in [3.05, 3.63) is 87.8 Å². The molecular weight excluding hydrogens is 433 g/mol. The molecule has 0 spiro atoms. The molecule has 2 amide bonds. The average molecular weight is 462 g/mol. The van der Waals surface area contributed by atoms with Crippen molar-refractivity contribution in [1.82, 2.24) is 25.0 Å². The van der Waals surface area contributed by atoms with Gasteiger partial charge in [0.1, 0.15) is 11.5 Å². The Morgan fingerprint density at radius 1 is 1.24 bits per heavy atom. The molecular formula is C26H28FN5O2. The quantitative estimate of drug-likeness (QED) is 0.571. The molecule has 0 saturated carbocycles. The van der Waals surface area contributed by atoms with Crippen LogP contribution in [0.4, 0.5) is 4.39 Å². The first kappa shape index (κ1) is 23.4. The van der Waals surface area contributed by atoms with E-state index in [9.17, 15) is 14.0 Å². The number of carbonyl (C=O) groups is 2. The number of amides is 2. The number of fused-ring (bicyclic) bond motifs is 1. The summed E-state index contributed by atoms with van der Waals surface area (Å²) in [5.41, 5.74) is 6.16. The first-order valence-electron chi connectivity index (χ1n) is 11.4. The monoisotopic (exact) mass is 461 g/mol. The van der Waals surface area contributed by atoms with Crippen LogP contribution < -0.4 is 5.32 Å². The molecule has 4 rings (SSSR count). The van der Waals surface area contributed by atoms with Crippen LogP contribution in [0.1, 0.15) is 51.1 Å². The Labute approximate surface area is 198 Å². The predicted molar refractivity (Wildman–Crippen MR) is 127 cm³/mol. The van der Waals surface area contributed by atoms with Crippen LogP contribution in [0.25, 0.3) is 6.08 Å². The summed E-state index contributed by atoms with van der Waals surface area (Å²) in [5, 5.41) is 7.34. The van der Waals surface area contributed by atoms with Crippen molar-refractivity contribution in [2.45, 2.75) is 39.8 Å². The van der Waals surface area contributed by atoms with Crippen molar-refractivity contribution >= 4 is 17.9 Å². The van der Waals surface area contributed by atoms with E-state index in [0.717, 1.165) is 40.1 Å². The smallest absolute Gasteiger partial charge is 0.269 e. The maximum absolute atomic E-state index is 13.1. The average Bonchev–Trinajstić information content (AvgIpc) is 3.23. The van der Waals surface area contributed by atoms with Crippen LogP contribution in [0.5, 0.6) is 0 Å². The van der Waals surface area contributed by atoms with Crippen molar-refractivity contribution in [3.8, 4) is 0 Å². The molecule has 176 valence electrons. The molecule has 0 saturated heterocycles. The van der Waals surface area contributed by atoms with Gasteiger partial charge >= 0.3 is 0 Å².